The van der Waals surface area contributed by atoms with Gasteiger partial charge in [0.1, 0.15) is 0 Å². The summed E-state index contributed by atoms with van der Waals surface area (Å²) in [6.07, 6.45) is 4.61. The summed E-state index contributed by atoms with van der Waals surface area (Å²) in [5.74, 6) is 0. The fourth-order valence-corrected chi connectivity index (χ4v) is 3.17. The summed E-state index contributed by atoms with van der Waals surface area (Å²) in [4.78, 5) is 2.34. The lowest BCUT2D eigenvalue weighted by atomic mass is 10.1. The first-order valence-electron chi connectivity index (χ1n) is 5.10. The summed E-state index contributed by atoms with van der Waals surface area (Å²) in [5, 5.41) is 0. The van der Waals surface area contributed by atoms with Gasteiger partial charge in [0.25, 0.3) is 0 Å². The minimum Gasteiger partial charge on any atom is -0.363 e. The first kappa shape index (κ1) is 9.22. The highest BCUT2D eigenvalue weighted by Crippen LogP contribution is 2.46. The van der Waals surface area contributed by atoms with Gasteiger partial charge in [0.15, 0.2) is 0 Å². The highest BCUT2D eigenvalue weighted by atomic mass is 79.9. The molecule has 0 radical (unpaired) electrons. The van der Waals surface area contributed by atoms with Gasteiger partial charge < -0.3 is 4.90 Å². The van der Waals surface area contributed by atoms with Gasteiger partial charge in [0, 0.05) is 17.1 Å². The molecular formula is C13H12BrN. The quantitative estimate of drug-likeness (QED) is 0.690. The number of halogens is 1. The minimum atomic E-state index is 0.443. The Morgan fingerprint density at radius 3 is 2.93 bits per heavy atom. The molecule has 1 aromatic rings. The molecule has 1 nitrogen and oxygen atoms in total. The largest absolute Gasteiger partial charge is 0.363 e. The summed E-state index contributed by atoms with van der Waals surface area (Å²) in [7, 11) is 2.16. The summed E-state index contributed by atoms with van der Waals surface area (Å²) in [6.45, 7) is 2.16. The summed E-state index contributed by atoms with van der Waals surface area (Å²) in [6, 6.07) is 6.86. The zero-order chi connectivity index (χ0) is 10.6. The van der Waals surface area contributed by atoms with Gasteiger partial charge in [-0.2, -0.15) is 0 Å². The maximum Gasteiger partial charge on any atom is 0.0736 e. The lowest BCUT2D eigenvalue weighted by molar-refractivity contribution is 0.949. The fourth-order valence-electron chi connectivity index (χ4n) is 2.52. The third kappa shape index (κ3) is 1.14. The molecule has 1 heterocycles. The topological polar surface area (TPSA) is 3.24 Å². The van der Waals surface area contributed by atoms with Crippen LogP contribution in [-0.2, 0) is 0 Å². The molecule has 15 heavy (non-hydrogen) atoms. The lowest BCUT2D eigenvalue weighted by Gasteiger charge is -2.19. The van der Waals surface area contributed by atoms with E-state index in [4.69, 9.17) is 0 Å². The zero-order valence-corrected chi connectivity index (χ0v) is 10.4. The molecule has 0 N–H and O–H groups in total. The molecule has 1 aliphatic carbocycles. The first-order valence-corrected chi connectivity index (χ1v) is 5.89. The smallest absolute Gasteiger partial charge is 0.0736 e. The van der Waals surface area contributed by atoms with Crippen LogP contribution in [0.25, 0.3) is 5.57 Å². The van der Waals surface area contributed by atoms with Crippen molar-refractivity contribution >= 4 is 27.2 Å². The van der Waals surface area contributed by atoms with E-state index in [0.717, 1.165) is 0 Å². The van der Waals surface area contributed by atoms with Crippen molar-refractivity contribution in [1.82, 2.24) is 0 Å². The summed E-state index contributed by atoms with van der Waals surface area (Å²) in [5.41, 5.74) is 5.49. The van der Waals surface area contributed by atoms with E-state index in [9.17, 15) is 0 Å². The van der Waals surface area contributed by atoms with Gasteiger partial charge in [-0.15, -0.1) is 0 Å². The van der Waals surface area contributed by atoms with Gasteiger partial charge in [-0.1, -0.05) is 29.9 Å². The molecule has 3 rings (SSSR count). The van der Waals surface area contributed by atoms with Crippen LogP contribution in [-0.4, -0.2) is 13.1 Å². The molecular weight excluding hydrogens is 250 g/mol. The second-order valence-electron chi connectivity index (χ2n) is 4.20. The average molecular weight is 262 g/mol. The van der Waals surface area contributed by atoms with Crippen molar-refractivity contribution in [1.29, 1.82) is 0 Å². The van der Waals surface area contributed by atoms with Crippen LogP contribution < -0.4 is 4.90 Å². The Balaban J connectivity index is 2.25. The second-order valence-corrected chi connectivity index (χ2v) is 5.06. The number of likely N-dealkylation sites (N-methyl/N-ethyl adjacent to an activating group) is 1. The molecule has 2 heteroatoms. The Labute approximate surface area is 98.2 Å². The number of allylic oxidation sites excluding steroid dienone is 2. The molecule has 2 aliphatic rings. The standard InChI is InChI=1S/C13H12BrN/c1-8-6-10-9-4-3-5-11(14)13(9)15(2)12(10)7-8/h3-7,12H,1-2H3. The van der Waals surface area contributed by atoms with Crippen molar-refractivity contribution in [2.75, 3.05) is 11.9 Å². The molecule has 0 bridgehead atoms. The molecule has 1 atom stereocenters. The Kier molecular flexibility index (Phi) is 1.84. The van der Waals surface area contributed by atoms with E-state index in [2.05, 4.69) is 65.2 Å². The fraction of sp³-hybridized carbons (Fsp3) is 0.231. The van der Waals surface area contributed by atoms with Crippen LogP contribution in [0.4, 0.5) is 5.69 Å². The van der Waals surface area contributed by atoms with Gasteiger partial charge in [-0.05, 0) is 34.5 Å². The second kappa shape index (κ2) is 2.99. The number of rotatable bonds is 0. The Morgan fingerprint density at radius 2 is 2.13 bits per heavy atom. The third-order valence-corrected chi connectivity index (χ3v) is 3.83. The number of hydrogen-bond acceptors (Lipinski definition) is 1. The van der Waals surface area contributed by atoms with E-state index in [1.165, 1.54) is 26.9 Å². The van der Waals surface area contributed by atoms with Gasteiger partial charge in [-0.3, -0.25) is 0 Å². The SMILES string of the molecule is CC1=CC2C(=C1)c1cccc(Br)c1N2C. The van der Waals surface area contributed by atoms with Crippen molar-refractivity contribution in [3.63, 3.8) is 0 Å². The first-order chi connectivity index (χ1) is 7.18. The summed E-state index contributed by atoms with van der Waals surface area (Å²) < 4.78 is 1.18. The molecule has 0 spiro atoms. The predicted molar refractivity (Wildman–Crippen MR) is 68.1 cm³/mol. The Bertz CT molecular complexity index is 499. The van der Waals surface area contributed by atoms with Gasteiger partial charge in [0.2, 0.25) is 0 Å². The Hall–Kier alpha value is -1.02. The van der Waals surface area contributed by atoms with E-state index < -0.39 is 0 Å². The maximum absolute atomic E-state index is 3.62. The number of hydrogen-bond donors (Lipinski definition) is 0. The third-order valence-electron chi connectivity index (χ3n) is 3.19. The number of benzene rings is 1. The highest BCUT2D eigenvalue weighted by molar-refractivity contribution is 9.10. The molecule has 0 saturated carbocycles. The van der Waals surface area contributed by atoms with Crippen molar-refractivity contribution < 1.29 is 0 Å². The molecule has 0 aromatic heterocycles. The average Bonchev–Trinajstić information content (AvgIpc) is 2.68. The number of fused-ring (bicyclic) bond motifs is 3. The zero-order valence-electron chi connectivity index (χ0n) is 8.79. The van der Waals surface area contributed by atoms with Crippen LogP contribution in [0.5, 0.6) is 0 Å². The molecule has 1 unspecified atom stereocenters. The van der Waals surface area contributed by atoms with Gasteiger partial charge in [-0.25, -0.2) is 0 Å². The molecule has 76 valence electrons. The number of anilines is 1. The molecule has 1 aliphatic heterocycles. The predicted octanol–water partition coefficient (Wildman–Crippen LogP) is 3.61. The van der Waals surface area contributed by atoms with E-state index in [1.807, 2.05) is 0 Å². The van der Waals surface area contributed by atoms with Crippen LogP contribution >= 0.6 is 15.9 Å². The molecule has 0 saturated heterocycles. The lowest BCUT2D eigenvalue weighted by Crippen LogP contribution is -2.23. The summed E-state index contributed by atoms with van der Waals surface area (Å²) >= 11 is 3.62. The molecule has 0 fully saturated rings. The highest BCUT2D eigenvalue weighted by Gasteiger charge is 2.33. The van der Waals surface area contributed by atoms with Crippen LogP contribution in [0, 0.1) is 0 Å². The minimum absolute atomic E-state index is 0.443. The van der Waals surface area contributed by atoms with Crippen molar-refractivity contribution in [2.45, 2.75) is 13.0 Å². The van der Waals surface area contributed by atoms with Gasteiger partial charge >= 0.3 is 0 Å². The van der Waals surface area contributed by atoms with E-state index >= 15 is 0 Å². The Morgan fingerprint density at radius 1 is 1.33 bits per heavy atom. The van der Waals surface area contributed by atoms with Crippen LogP contribution in [0.1, 0.15) is 12.5 Å². The molecule has 0 amide bonds. The van der Waals surface area contributed by atoms with Crippen LogP contribution in [0.3, 0.4) is 0 Å². The number of para-hydroxylation sites is 1. The van der Waals surface area contributed by atoms with Crippen molar-refractivity contribution in [2.24, 2.45) is 0 Å². The monoisotopic (exact) mass is 261 g/mol. The maximum atomic E-state index is 3.62. The van der Waals surface area contributed by atoms with Gasteiger partial charge in [0.05, 0.1) is 11.7 Å². The van der Waals surface area contributed by atoms with E-state index in [0.29, 0.717) is 6.04 Å². The van der Waals surface area contributed by atoms with Crippen molar-refractivity contribution in [3.8, 4) is 0 Å². The normalized spacial score (nSPS) is 22.3. The van der Waals surface area contributed by atoms with E-state index in [-0.39, 0.29) is 0 Å². The van der Waals surface area contributed by atoms with E-state index in [1.54, 1.807) is 0 Å². The number of nitrogens with zero attached hydrogens (tertiary/aromatic N) is 1. The molecule has 1 aromatic carbocycles. The van der Waals surface area contributed by atoms with Crippen LogP contribution in [0.2, 0.25) is 0 Å². The van der Waals surface area contributed by atoms with Crippen LogP contribution in [0.15, 0.2) is 40.4 Å². The van der Waals surface area contributed by atoms with Crippen molar-refractivity contribution in [3.05, 3.63) is 46.0 Å².